The minimum absolute atomic E-state index is 0.0948. The van der Waals surface area contributed by atoms with Gasteiger partial charge in [-0.3, -0.25) is 9.48 Å². The van der Waals surface area contributed by atoms with Crippen molar-refractivity contribution in [2.24, 2.45) is 10.8 Å². The number of pyridine rings is 1. The molecule has 2 aliphatic rings. The van der Waals surface area contributed by atoms with Gasteiger partial charge >= 0.3 is 0 Å². The number of carbonyl (C=O) groups is 1. The number of halogens is 1. The van der Waals surface area contributed by atoms with E-state index in [-0.39, 0.29) is 21.8 Å². The van der Waals surface area contributed by atoms with E-state index in [1.165, 1.54) is 40.4 Å². The Morgan fingerprint density at radius 3 is 2.60 bits per heavy atom. The lowest BCUT2D eigenvalue weighted by molar-refractivity contribution is 0.0447. The summed E-state index contributed by atoms with van der Waals surface area (Å²) in [5.74, 6) is -0.0945. The van der Waals surface area contributed by atoms with Gasteiger partial charge in [0, 0.05) is 18.5 Å². The van der Waals surface area contributed by atoms with Crippen molar-refractivity contribution in [2.45, 2.75) is 77.0 Å². The molecule has 0 bridgehead atoms. The number of hydrogen-bond donors (Lipinski definition) is 1. The lowest BCUT2D eigenvalue weighted by atomic mass is 9.92. The third kappa shape index (κ3) is 7.02. The van der Waals surface area contributed by atoms with E-state index in [1.807, 2.05) is 4.72 Å². The highest BCUT2D eigenvalue weighted by molar-refractivity contribution is 7.90. The van der Waals surface area contributed by atoms with E-state index in [4.69, 9.17) is 21.1 Å². The fraction of sp³-hybridized carbons (Fsp3) is 0.556. The van der Waals surface area contributed by atoms with Crippen molar-refractivity contribution in [2.75, 3.05) is 13.2 Å². The van der Waals surface area contributed by atoms with Gasteiger partial charge in [-0.2, -0.15) is 13.5 Å². The molecule has 0 saturated heterocycles. The molecule has 40 heavy (non-hydrogen) atoms. The van der Waals surface area contributed by atoms with Gasteiger partial charge in [-0.15, -0.1) is 5.10 Å². The zero-order valence-corrected chi connectivity index (χ0v) is 24.5. The maximum absolute atomic E-state index is 12.8. The van der Waals surface area contributed by atoms with E-state index < -0.39 is 15.9 Å². The van der Waals surface area contributed by atoms with E-state index in [1.54, 1.807) is 18.5 Å². The van der Waals surface area contributed by atoms with Crippen LogP contribution in [-0.2, 0) is 21.3 Å². The summed E-state index contributed by atoms with van der Waals surface area (Å²) in [7, 11) is -4.23. The molecule has 2 saturated carbocycles. The molecule has 1 amide bonds. The molecular formula is C27H35ClN6O5S. The van der Waals surface area contributed by atoms with Crippen LogP contribution >= 0.6 is 11.6 Å². The summed E-state index contributed by atoms with van der Waals surface area (Å²) in [4.78, 5) is 17.0. The van der Waals surface area contributed by atoms with Gasteiger partial charge in [-0.1, -0.05) is 32.4 Å². The standard InChI is InChI=1S/C27H35ClN6O5S/c1-26(2)9-6-19(18-26)38-17-15-33-13-8-23(31-33)40(36,37)32-25(35)20-4-5-21(29-24(20)28)34-14-7-22(30-34)39-16-12-27(3)10-11-27/h4-5,7-8,13-14,19H,6,9-12,15-18H2,1-3H3,(H,32,35). The second-order valence-corrected chi connectivity index (χ2v) is 13.8. The molecule has 1 atom stereocenters. The van der Waals surface area contributed by atoms with Gasteiger partial charge in [0.15, 0.2) is 10.8 Å². The van der Waals surface area contributed by atoms with Crippen LogP contribution < -0.4 is 9.46 Å². The van der Waals surface area contributed by atoms with Gasteiger partial charge in [0.05, 0.1) is 31.4 Å². The highest BCUT2D eigenvalue weighted by Crippen LogP contribution is 2.47. The Hall–Kier alpha value is -2.96. The molecule has 2 aliphatic carbocycles. The zero-order valence-electron chi connectivity index (χ0n) is 23.0. The van der Waals surface area contributed by atoms with Crippen LogP contribution in [0.25, 0.3) is 5.82 Å². The maximum Gasteiger partial charge on any atom is 0.283 e. The van der Waals surface area contributed by atoms with Crippen LogP contribution in [0.1, 0.15) is 69.7 Å². The Kier molecular flexibility index (Phi) is 7.95. The Balaban J connectivity index is 1.15. The van der Waals surface area contributed by atoms with E-state index in [0.717, 1.165) is 25.7 Å². The van der Waals surface area contributed by atoms with E-state index >= 15 is 0 Å². The molecule has 0 aromatic carbocycles. The summed E-state index contributed by atoms with van der Waals surface area (Å²) in [5, 5.41) is 8.01. The van der Waals surface area contributed by atoms with E-state index in [0.29, 0.717) is 42.3 Å². The summed E-state index contributed by atoms with van der Waals surface area (Å²) < 4.78 is 42.3. The van der Waals surface area contributed by atoms with E-state index in [2.05, 4.69) is 36.0 Å². The molecule has 3 aromatic heterocycles. The Morgan fingerprint density at radius 1 is 1.10 bits per heavy atom. The number of hydrogen-bond acceptors (Lipinski definition) is 8. The summed E-state index contributed by atoms with van der Waals surface area (Å²) in [6, 6.07) is 5.97. The smallest absolute Gasteiger partial charge is 0.283 e. The number of carbonyl (C=O) groups excluding carboxylic acids is 1. The first-order valence-corrected chi connectivity index (χ1v) is 15.4. The third-order valence-electron chi connectivity index (χ3n) is 7.65. The van der Waals surface area contributed by atoms with Crippen LogP contribution in [0.2, 0.25) is 5.15 Å². The molecule has 0 radical (unpaired) electrons. The Bertz CT molecular complexity index is 1480. The van der Waals surface area contributed by atoms with Crippen molar-refractivity contribution in [3.05, 3.63) is 47.4 Å². The van der Waals surface area contributed by atoms with Crippen molar-refractivity contribution < 1.29 is 22.7 Å². The summed E-state index contributed by atoms with van der Waals surface area (Å²) in [5.41, 5.74) is 0.588. The van der Waals surface area contributed by atoms with Gasteiger partial charge in [0.25, 0.3) is 15.9 Å². The summed E-state index contributed by atoms with van der Waals surface area (Å²) >= 11 is 6.26. The van der Waals surface area contributed by atoms with Crippen LogP contribution in [0, 0.1) is 10.8 Å². The predicted molar refractivity (Wildman–Crippen MR) is 148 cm³/mol. The van der Waals surface area contributed by atoms with Crippen LogP contribution in [-0.4, -0.2) is 58.2 Å². The summed E-state index contributed by atoms with van der Waals surface area (Å²) in [6.45, 7) is 8.11. The van der Waals surface area contributed by atoms with Crippen LogP contribution in [0.15, 0.2) is 41.7 Å². The van der Waals surface area contributed by atoms with Crippen LogP contribution in [0.4, 0.5) is 0 Å². The molecule has 2 fully saturated rings. The Morgan fingerprint density at radius 2 is 1.90 bits per heavy atom. The van der Waals surface area contributed by atoms with Gasteiger partial charge < -0.3 is 9.47 Å². The molecule has 0 aliphatic heterocycles. The number of aromatic nitrogens is 5. The number of rotatable bonds is 12. The topological polar surface area (TPSA) is 130 Å². The molecule has 0 spiro atoms. The number of sulfonamides is 1. The number of nitrogens with zero attached hydrogens (tertiary/aromatic N) is 5. The molecule has 1 N–H and O–H groups in total. The lowest BCUT2D eigenvalue weighted by Crippen LogP contribution is -2.31. The molecule has 216 valence electrons. The zero-order chi connectivity index (χ0) is 28.5. The average Bonchev–Trinajstić information content (AvgIpc) is 3.27. The van der Waals surface area contributed by atoms with Gasteiger partial charge in [-0.25, -0.2) is 14.4 Å². The molecule has 13 heteroatoms. The molecule has 5 rings (SSSR count). The fourth-order valence-electron chi connectivity index (χ4n) is 4.77. The molecule has 3 aromatic rings. The SMILES string of the molecule is CC1(C)CCC(OCCn2ccc(S(=O)(=O)NC(=O)c3ccc(-n4ccc(OCCC5(C)CC5)n4)nc3Cl)n2)C1. The molecule has 11 nitrogen and oxygen atoms in total. The predicted octanol–water partition coefficient (Wildman–Crippen LogP) is 4.40. The van der Waals surface area contributed by atoms with Crippen LogP contribution in [0.3, 0.4) is 0 Å². The van der Waals surface area contributed by atoms with Crippen molar-refractivity contribution in [1.82, 2.24) is 29.3 Å². The van der Waals surface area contributed by atoms with Gasteiger partial charge in [-0.05, 0) is 67.6 Å². The first-order valence-electron chi connectivity index (χ1n) is 13.5. The largest absolute Gasteiger partial charge is 0.477 e. The van der Waals surface area contributed by atoms with Crippen molar-refractivity contribution in [3.63, 3.8) is 0 Å². The van der Waals surface area contributed by atoms with E-state index in [9.17, 15) is 13.2 Å². The first-order chi connectivity index (χ1) is 18.9. The highest BCUT2D eigenvalue weighted by atomic mass is 35.5. The van der Waals surface area contributed by atoms with Gasteiger partial charge in [0.2, 0.25) is 5.88 Å². The van der Waals surface area contributed by atoms with Crippen LogP contribution in [0.5, 0.6) is 5.88 Å². The number of ether oxygens (including phenoxy) is 2. The average molecular weight is 591 g/mol. The fourth-order valence-corrected chi connectivity index (χ4v) is 5.91. The minimum Gasteiger partial charge on any atom is -0.477 e. The van der Waals surface area contributed by atoms with Crippen molar-refractivity contribution in [3.8, 4) is 11.7 Å². The van der Waals surface area contributed by atoms with Crippen molar-refractivity contribution in [1.29, 1.82) is 0 Å². The lowest BCUT2D eigenvalue weighted by Gasteiger charge is -2.17. The monoisotopic (exact) mass is 590 g/mol. The molecule has 1 unspecified atom stereocenters. The molecule has 3 heterocycles. The normalized spacial score (nSPS) is 19.4. The van der Waals surface area contributed by atoms with Gasteiger partial charge in [0.1, 0.15) is 5.15 Å². The maximum atomic E-state index is 12.8. The second-order valence-electron chi connectivity index (χ2n) is 11.8. The second kappa shape index (κ2) is 11.1. The first kappa shape index (κ1) is 28.6. The quantitative estimate of drug-likeness (QED) is 0.307. The third-order valence-corrected chi connectivity index (χ3v) is 9.16. The number of amides is 1. The van der Waals surface area contributed by atoms with Crippen molar-refractivity contribution >= 4 is 27.5 Å². The summed E-state index contributed by atoms with van der Waals surface area (Å²) in [6.07, 6.45) is 10.0. The highest BCUT2D eigenvalue weighted by Gasteiger charge is 2.36. The minimum atomic E-state index is -4.23. The molecular weight excluding hydrogens is 556 g/mol. The number of nitrogens with one attached hydrogen (secondary N) is 1. The Labute approximate surface area is 239 Å².